The molecule has 1 rings (SSSR count). The Hall–Kier alpha value is -0.530. The van der Waals surface area contributed by atoms with E-state index >= 15 is 0 Å². The molecule has 0 spiro atoms. The number of carbonyl (C=O) groups is 1. The first-order valence-electron chi connectivity index (χ1n) is 6.03. The lowest BCUT2D eigenvalue weighted by atomic mass is 9.96. The smallest absolute Gasteiger partial charge is 0.401 e. The molecule has 1 aliphatic heterocycles. The summed E-state index contributed by atoms with van der Waals surface area (Å²) in [5, 5.41) is 11.6. The molecule has 0 aromatic rings. The van der Waals surface area contributed by atoms with E-state index < -0.39 is 24.7 Å². The van der Waals surface area contributed by atoms with Crippen molar-refractivity contribution in [1.29, 1.82) is 0 Å². The summed E-state index contributed by atoms with van der Waals surface area (Å²) in [6.07, 6.45) is -2.78. The van der Waals surface area contributed by atoms with Crippen molar-refractivity contribution in [3.05, 3.63) is 0 Å². The molecular weight excluding hydrogens is 285 g/mol. The molecule has 0 aromatic carbocycles. The number of carboxylic acids is 1. The topological polar surface area (TPSA) is 52.6 Å². The Bertz CT molecular complexity index is 282. The van der Waals surface area contributed by atoms with Gasteiger partial charge in [0.1, 0.15) is 6.04 Å². The molecule has 0 unspecified atom stereocenters. The van der Waals surface area contributed by atoms with Crippen LogP contribution in [0.15, 0.2) is 0 Å². The molecule has 4 nitrogen and oxygen atoms in total. The van der Waals surface area contributed by atoms with Crippen LogP contribution in [-0.4, -0.2) is 54.4 Å². The van der Waals surface area contributed by atoms with Gasteiger partial charge in [-0.1, -0.05) is 0 Å². The van der Waals surface area contributed by atoms with E-state index in [2.05, 4.69) is 5.32 Å². The highest BCUT2D eigenvalue weighted by atomic mass is 35.5. The second-order valence-electron chi connectivity index (χ2n) is 4.80. The van der Waals surface area contributed by atoms with Gasteiger partial charge >= 0.3 is 12.1 Å². The molecule has 1 fully saturated rings. The van der Waals surface area contributed by atoms with Crippen LogP contribution in [0.3, 0.4) is 0 Å². The number of piperidine rings is 1. The second-order valence-corrected chi connectivity index (χ2v) is 4.80. The first-order chi connectivity index (χ1) is 8.28. The van der Waals surface area contributed by atoms with Gasteiger partial charge in [0.25, 0.3) is 0 Å². The van der Waals surface area contributed by atoms with Gasteiger partial charge in [-0.2, -0.15) is 13.2 Å². The first kappa shape index (κ1) is 18.5. The van der Waals surface area contributed by atoms with E-state index in [0.29, 0.717) is 32.5 Å². The summed E-state index contributed by atoms with van der Waals surface area (Å²) in [5.74, 6) is -0.652. The number of rotatable bonds is 5. The zero-order valence-electron chi connectivity index (χ0n) is 10.7. The maximum absolute atomic E-state index is 12.2. The van der Waals surface area contributed by atoms with E-state index in [4.69, 9.17) is 5.11 Å². The number of aliphatic carboxylic acids is 1. The van der Waals surface area contributed by atoms with Crippen molar-refractivity contribution in [2.75, 3.05) is 26.2 Å². The van der Waals surface area contributed by atoms with E-state index in [0.717, 1.165) is 0 Å². The third kappa shape index (κ3) is 7.59. The maximum atomic E-state index is 12.2. The SMILES string of the molecule is C[C@H](NCC1CCN(CC(F)(F)F)CC1)C(=O)O.Cl. The van der Waals surface area contributed by atoms with Crippen LogP contribution < -0.4 is 5.32 Å². The van der Waals surface area contributed by atoms with Crippen LogP contribution in [0.1, 0.15) is 19.8 Å². The molecule has 0 aromatic heterocycles. The Balaban J connectivity index is 0.00000324. The predicted octanol–water partition coefficient (Wildman–Crippen LogP) is 1.75. The molecule has 1 atom stereocenters. The summed E-state index contributed by atoms with van der Waals surface area (Å²) in [6, 6.07) is -0.613. The standard InChI is InChI=1S/C11H19F3N2O2.ClH/c1-8(10(17)18)15-6-9-2-4-16(5-3-9)7-11(12,13)14;/h8-9,15H,2-7H2,1H3,(H,17,18);1H/t8-;/m0./s1. The highest BCUT2D eigenvalue weighted by molar-refractivity contribution is 5.85. The second kappa shape index (κ2) is 7.91. The predicted molar refractivity (Wildman–Crippen MR) is 67.6 cm³/mol. The van der Waals surface area contributed by atoms with E-state index in [1.54, 1.807) is 6.92 Å². The van der Waals surface area contributed by atoms with Gasteiger partial charge in [-0.3, -0.25) is 9.69 Å². The molecule has 1 heterocycles. The van der Waals surface area contributed by atoms with E-state index in [-0.39, 0.29) is 18.3 Å². The molecule has 1 aliphatic rings. The van der Waals surface area contributed by atoms with Crippen molar-refractivity contribution < 1.29 is 23.1 Å². The lowest BCUT2D eigenvalue weighted by Gasteiger charge is -2.32. The highest BCUT2D eigenvalue weighted by Gasteiger charge is 2.32. The van der Waals surface area contributed by atoms with Gasteiger partial charge < -0.3 is 10.4 Å². The molecule has 114 valence electrons. The Morgan fingerprint density at radius 3 is 2.37 bits per heavy atom. The largest absolute Gasteiger partial charge is 0.480 e. The summed E-state index contributed by atoms with van der Waals surface area (Å²) in [5.41, 5.74) is 0. The summed E-state index contributed by atoms with van der Waals surface area (Å²) in [6.45, 7) is 2.10. The van der Waals surface area contributed by atoms with Gasteiger partial charge in [0.15, 0.2) is 0 Å². The number of alkyl halides is 3. The zero-order valence-corrected chi connectivity index (χ0v) is 11.6. The van der Waals surface area contributed by atoms with E-state index in [1.165, 1.54) is 4.90 Å². The molecule has 0 radical (unpaired) electrons. The molecule has 1 saturated heterocycles. The van der Waals surface area contributed by atoms with Crippen LogP contribution >= 0.6 is 12.4 Å². The third-order valence-electron chi connectivity index (χ3n) is 3.19. The Labute approximate surface area is 116 Å². The van der Waals surface area contributed by atoms with Crippen molar-refractivity contribution in [2.24, 2.45) is 5.92 Å². The number of hydrogen-bond donors (Lipinski definition) is 2. The van der Waals surface area contributed by atoms with Crippen molar-refractivity contribution in [3.63, 3.8) is 0 Å². The van der Waals surface area contributed by atoms with Crippen LogP contribution in [0, 0.1) is 5.92 Å². The van der Waals surface area contributed by atoms with Crippen molar-refractivity contribution >= 4 is 18.4 Å². The summed E-state index contributed by atoms with van der Waals surface area (Å²) in [7, 11) is 0. The first-order valence-corrected chi connectivity index (χ1v) is 6.03. The summed E-state index contributed by atoms with van der Waals surface area (Å²) >= 11 is 0. The average molecular weight is 305 g/mol. The summed E-state index contributed by atoms with van der Waals surface area (Å²) in [4.78, 5) is 12.0. The fourth-order valence-corrected chi connectivity index (χ4v) is 2.03. The highest BCUT2D eigenvalue weighted by Crippen LogP contribution is 2.22. The molecule has 0 amide bonds. The zero-order chi connectivity index (χ0) is 13.8. The number of hydrogen-bond acceptors (Lipinski definition) is 3. The Morgan fingerprint density at radius 2 is 1.95 bits per heavy atom. The average Bonchev–Trinajstić information content (AvgIpc) is 2.25. The molecule has 2 N–H and O–H groups in total. The number of nitrogens with zero attached hydrogens (tertiary/aromatic N) is 1. The Morgan fingerprint density at radius 1 is 1.42 bits per heavy atom. The molecule has 0 aliphatic carbocycles. The van der Waals surface area contributed by atoms with Gasteiger partial charge in [-0.25, -0.2) is 0 Å². The van der Waals surface area contributed by atoms with Gasteiger partial charge in [0.05, 0.1) is 6.54 Å². The molecule has 8 heteroatoms. The Kier molecular flexibility index (Phi) is 7.69. The minimum atomic E-state index is -4.14. The molecular formula is C11H20ClF3N2O2. The molecule has 0 saturated carbocycles. The number of nitrogens with one attached hydrogen (secondary N) is 1. The minimum Gasteiger partial charge on any atom is -0.480 e. The van der Waals surface area contributed by atoms with Crippen LogP contribution in [0.5, 0.6) is 0 Å². The maximum Gasteiger partial charge on any atom is 0.401 e. The van der Waals surface area contributed by atoms with Crippen molar-refractivity contribution in [2.45, 2.75) is 32.0 Å². The van der Waals surface area contributed by atoms with Gasteiger partial charge in [-0.15, -0.1) is 12.4 Å². The molecule has 0 bridgehead atoms. The van der Waals surface area contributed by atoms with Crippen LogP contribution in [0.4, 0.5) is 13.2 Å². The van der Waals surface area contributed by atoms with E-state index in [1.807, 2.05) is 0 Å². The normalized spacial score (nSPS) is 19.8. The van der Waals surface area contributed by atoms with Gasteiger partial charge in [0.2, 0.25) is 0 Å². The lowest BCUT2D eigenvalue weighted by molar-refractivity contribution is -0.148. The minimum absolute atomic E-state index is 0. The fourth-order valence-electron chi connectivity index (χ4n) is 2.03. The number of likely N-dealkylation sites (tertiary alicyclic amines) is 1. The quantitative estimate of drug-likeness (QED) is 0.812. The lowest BCUT2D eigenvalue weighted by Crippen LogP contribution is -2.43. The van der Waals surface area contributed by atoms with Crippen LogP contribution in [0.2, 0.25) is 0 Å². The van der Waals surface area contributed by atoms with Crippen LogP contribution in [-0.2, 0) is 4.79 Å². The molecule has 19 heavy (non-hydrogen) atoms. The number of halogens is 4. The van der Waals surface area contributed by atoms with Crippen molar-refractivity contribution in [3.8, 4) is 0 Å². The van der Waals surface area contributed by atoms with Crippen molar-refractivity contribution in [1.82, 2.24) is 10.2 Å². The van der Waals surface area contributed by atoms with Crippen LogP contribution in [0.25, 0.3) is 0 Å². The van der Waals surface area contributed by atoms with Gasteiger partial charge in [0, 0.05) is 0 Å². The van der Waals surface area contributed by atoms with E-state index in [9.17, 15) is 18.0 Å². The monoisotopic (exact) mass is 304 g/mol. The summed E-state index contributed by atoms with van der Waals surface area (Å²) < 4.78 is 36.5. The fraction of sp³-hybridized carbons (Fsp3) is 0.909. The number of carboxylic acid groups (broad SMARTS) is 1. The van der Waals surface area contributed by atoms with Gasteiger partial charge in [-0.05, 0) is 45.3 Å². The third-order valence-corrected chi connectivity index (χ3v) is 3.19.